The zero-order valence-electron chi connectivity index (χ0n) is 8.45. The predicted octanol–water partition coefficient (Wildman–Crippen LogP) is 3.92. The Hall–Kier alpha value is -0.890. The first-order chi connectivity index (χ1) is 7.66. The van der Waals surface area contributed by atoms with Crippen LogP contribution in [0.15, 0.2) is 14.5 Å². The summed E-state index contributed by atoms with van der Waals surface area (Å²) >= 11 is 4.36. The van der Waals surface area contributed by atoms with Gasteiger partial charge in [0.05, 0.1) is 6.20 Å². The van der Waals surface area contributed by atoms with Crippen LogP contribution in [0.25, 0.3) is 10.8 Å². The highest BCUT2D eigenvalue weighted by Crippen LogP contribution is 2.29. The SMILES string of the molecule is CC.FC(F)c1nnc(-c2cnc(Br)s2)o1. The summed E-state index contributed by atoms with van der Waals surface area (Å²) in [6, 6.07) is 0. The number of hydrogen-bond donors (Lipinski definition) is 0. The van der Waals surface area contributed by atoms with E-state index in [0.717, 1.165) is 0 Å². The summed E-state index contributed by atoms with van der Waals surface area (Å²) in [4.78, 5) is 4.42. The number of nitrogens with zero attached hydrogens (tertiary/aromatic N) is 3. The van der Waals surface area contributed by atoms with E-state index >= 15 is 0 Å². The van der Waals surface area contributed by atoms with Crippen LogP contribution in [0.5, 0.6) is 0 Å². The van der Waals surface area contributed by atoms with E-state index in [1.165, 1.54) is 17.5 Å². The summed E-state index contributed by atoms with van der Waals surface area (Å²) in [5.41, 5.74) is 0. The molecule has 0 N–H and O–H groups in total. The standard InChI is InChI=1S/C6H2BrF2N3OS.C2H6/c7-6-10-1-2(14-6)4-11-12-5(13-4)3(8)9;1-2/h1,3H;1-2H3. The second-order valence-corrected chi connectivity index (χ2v) is 4.53. The van der Waals surface area contributed by atoms with Gasteiger partial charge in [-0.1, -0.05) is 13.8 Å². The van der Waals surface area contributed by atoms with Crippen LogP contribution < -0.4 is 0 Å². The molecule has 0 atom stereocenters. The molecule has 0 unspecified atom stereocenters. The van der Waals surface area contributed by atoms with E-state index in [4.69, 9.17) is 4.42 Å². The number of thiazole rings is 1. The van der Waals surface area contributed by atoms with Gasteiger partial charge in [0.25, 0.3) is 11.8 Å². The minimum atomic E-state index is -2.74. The first kappa shape index (κ1) is 13.2. The summed E-state index contributed by atoms with van der Waals surface area (Å²) < 4.78 is 29.5. The molecule has 0 saturated heterocycles. The highest BCUT2D eigenvalue weighted by molar-refractivity contribution is 9.11. The first-order valence-electron chi connectivity index (χ1n) is 4.40. The molecule has 0 bridgehead atoms. The van der Waals surface area contributed by atoms with Crippen LogP contribution in [0.1, 0.15) is 26.2 Å². The van der Waals surface area contributed by atoms with E-state index in [2.05, 4.69) is 31.1 Å². The molecule has 0 spiro atoms. The molecule has 2 heterocycles. The lowest BCUT2D eigenvalue weighted by Crippen LogP contribution is -1.81. The summed E-state index contributed by atoms with van der Waals surface area (Å²) in [5.74, 6) is -0.618. The van der Waals surface area contributed by atoms with Crippen molar-refractivity contribution >= 4 is 27.3 Å². The van der Waals surface area contributed by atoms with Crippen molar-refractivity contribution in [2.24, 2.45) is 0 Å². The van der Waals surface area contributed by atoms with Crippen LogP contribution in [-0.4, -0.2) is 15.2 Å². The van der Waals surface area contributed by atoms with Crippen molar-refractivity contribution in [2.75, 3.05) is 0 Å². The molecule has 0 aliphatic rings. The average molecular weight is 312 g/mol. The first-order valence-corrected chi connectivity index (χ1v) is 6.01. The summed E-state index contributed by atoms with van der Waals surface area (Å²) in [7, 11) is 0. The van der Waals surface area contributed by atoms with Crippen LogP contribution in [0.3, 0.4) is 0 Å². The maximum Gasteiger partial charge on any atom is 0.314 e. The van der Waals surface area contributed by atoms with Gasteiger partial charge < -0.3 is 4.42 Å². The van der Waals surface area contributed by atoms with Crippen LogP contribution in [-0.2, 0) is 0 Å². The Labute approximate surface area is 103 Å². The summed E-state index contributed by atoms with van der Waals surface area (Å²) in [5, 5.41) is 6.67. The Morgan fingerprint density at radius 1 is 1.38 bits per heavy atom. The van der Waals surface area contributed by atoms with E-state index in [-0.39, 0.29) is 5.89 Å². The predicted molar refractivity (Wildman–Crippen MR) is 59.4 cm³/mol. The van der Waals surface area contributed by atoms with Crippen molar-refractivity contribution in [3.05, 3.63) is 16.0 Å². The number of halogens is 3. The summed E-state index contributed by atoms with van der Waals surface area (Å²) in [6.07, 6.45) is -1.27. The molecule has 0 aliphatic heterocycles. The number of rotatable bonds is 2. The Kier molecular flexibility index (Phi) is 4.94. The van der Waals surface area contributed by atoms with Gasteiger partial charge in [0.1, 0.15) is 4.88 Å². The van der Waals surface area contributed by atoms with Gasteiger partial charge in [-0.25, -0.2) is 4.98 Å². The average Bonchev–Trinajstić information content (AvgIpc) is 2.88. The highest BCUT2D eigenvalue weighted by Gasteiger charge is 2.17. The van der Waals surface area contributed by atoms with Gasteiger partial charge in [-0.2, -0.15) is 8.78 Å². The quantitative estimate of drug-likeness (QED) is 0.843. The monoisotopic (exact) mass is 311 g/mol. The maximum absolute atomic E-state index is 12.1. The molecule has 16 heavy (non-hydrogen) atoms. The summed E-state index contributed by atoms with van der Waals surface area (Å²) in [6.45, 7) is 4.00. The lowest BCUT2D eigenvalue weighted by atomic mass is 10.6. The third kappa shape index (κ3) is 3.05. The van der Waals surface area contributed by atoms with E-state index in [1.54, 1.807) is 0 Å². The van der Waals surface area contributed by atoms with Gasteiger partial charge in [-0.3, -0.25) is 0 Å². The van der Waals surface area contributed by atoms with Crippen LogP contribution >= 0.6 is 27.3 Å². The van der Waals surface area contributed by atoms with Crippen LogP contribution in [0, 0.1) is 0 Å². The van der Waals surface area contributed by atoms with E-state index < -0.39 is 12.3 Å². The molecule has 8 heteroatoms. The van der Waals surface area contributed by atoms with Gasteiger partial charge in [-0.05, 0) is 15.9 Å². The van der Waals surface area contributed by atoms with Crippen molar-refractivity contribution in [1.82, 2.24) is 15.2 Å². The van der Waals surface area contributed by atoms with E-state index in [0.29, 0.717) is 8.79 Å². The molecule has 0 fully saturated rings. The van der Waals surface area contributed by atoms with Crippen molar-refractivity contribution in [1.29, 1.82) is 0 Å². The molecule has 0 saturated carbocycles. The largest absolute Gasteiger partial charge is 0.414 e. The van der Waals surface area contributed by atoms with Crippen molar-refractivity contribution in [2.45, 2.75) is 20.3 Å². The molecule has 0 aromatic carbocycles. The maximum atomic E-state index is 12.1. The lowest BCUT2D eigenvalue weighted by molar-refractivity contribution is 0.116. The van der Waals surface area contributed by atoms with Gasteiger partial charge in [0, 0.05) is 0 Å². The van der Waals surface area contributed by atoms with Crippen molar-refractivity contribution < 1.29 is 13.2 Å². The zero-order valence-corrected chi connectivity index (χ0v) is 10.8. The Bertz CT molecular complexity index is 446. The molecule has 0 amide bonds. The molecular formula is C8H8BrF2N3OS. The number of aromatic nitrogens is 3. The lowest BCUT2D eigenvalue weighted by Gasteiger charge is -1.87. The van der Waals surface area contributed by atoms with Crippen LogP contribution in [0.2, 0.25) is 0 Å². The highest BCUT2D eigenvalue weighted by atomic mass is 79.9. The molecule has 0 aliphatic carbocycles. The normalized spacial score (nSPS) is 10.1. The molecule has 2 rings (SSSR count). The zero-order chi connectivity index (χ0) is 12.1. The van der Waals surface area contributed by atoms with Crippen molar-refractivity contribution in [3.63, 3.8) is 0 Å². The fourth-order valence-electron chi connectivity index (χ4n) is 0.774. The van der Waals surface area contributed by atoms with Crippen molar-refractivity contribution in [3.8, 4) is 10.8 Å². The minimum absolute atomic E-state index is 0.0588. The van der Waals surface area contributed by atoms with Gasteiger partial charge >= 0.3 is 6.43 Å². The molecule has 2 aromatic heterocycles. The van der Waals surface area contributed by atoms with E-state index in [9.17, 15) is 8.78 Å². The number of hydrogen-bond acceptors (Lipinski definition) is 5. The third-order valence-corrected chi connectivity index (χ3v) is 2.78. The fraction of sp³-hybridized carbons (Fsp3) is 0.375. The second kappa shape index (κ2) is 6.00. The fourth-order valence-corrected chi connectivity index (χ4v) is 1.96. The second-order valence-electron chi connectivity index (χ2n) is 2.22. The number of alkyl halides is 2. The van der Waals surface area contributed by atoms with E-state index in [1.807, 2.05) is 13.8 Å². The topological polar surface area (TPSA) is 51.8 Å². The van der Waals surface area contributed by atoms with Gasteiger partial charge in [0.15, 0.2) is 3.92 Å². The molecule has 4 nitrogen and oxygen atoms in total. The van der Waals surface area contributed by atoms with Gasteiger partial charge in [-0.15, -0.1) is 21.5 Å². The molecule has 88 valence electrons. The smallest absolute Gasteiger partial charge is 0.314 e. The minimum Gasteiger partial charge on any atom is -0.414 e. The Morgan fingerprint density at radius 3 is 2.50 bits per heavy atom. The van der Waals surface area contributed by atoms with Gasteiger partial charge in [0.2, 0.25) is 0 Å². The molecule has 2 aromatic rings. The third-order valence-electron chi connectivity index (χ3n) is 1.32. The molecule has 0 radical (unpaired) electrons. The Balaban J connectivity index is 0.000000606. The molecular weight excluding hydrogens is 304 g/mol. The van der Waals surface area contributed by atoms with Crippen LogP contribution in [0.4, 0.5) is 8.78 Å². The Morgan fingerprint density at radius 2 is 2.06 bits per heavy atom.